The second-order valence-corrected chi connectivity index (χ2v) is 3.25. The number of anilines is 1. The summed E-state index contributed by atoms with van der Waals surface area (Å²) in [5.74, 6) is -0.0689. The standard InChI is InChI=1S/C11H14N2O3/c1-16-9-4-2-3-8(7-9)13-11(15)6-5-10(12)14/h2-4,7H,5-6H2,1H3,(H2,12,14)(H,13,15). The molecule has 0 bridgehead atoms. The van der Waals surface area contributed by atoms with Gasteiger partial charge in [-0.1, -0.05) is 6.07 Å². The Balaban J connectivity index is 2.52. The molecular formula is C11H14N2O3. The Labute approximate surface area is 93.6 Å². The fourth-order valence-electron chi connectivity index (χ4n) is 1.16. The third-order valence-electron chi connectivity index (χ3n) is 1.95. The van der Waals surface area contributed by atoms with Crippen LogP contribution in [0.5, 0.6) is 5.75 Å². The zero-order valence-corrected chi connectivity index (χ0v) is 9.03. The molecule has 5 nitrogen and oxygen atoms in total. The highest BCUT2D eigenvalue weighted by molar-refractivity contribution is 5.93. The van der Waals surface area contributed by atoms with Crippen molar-refractivity contribution in [2.24, 2.45) is 5.73 Å². The molecule has 0 aliphatic heterocycles. The average Bonchev–Trinajstić information content (AvgIpc) is 2.26. The molecule has 1 rings (SSSR count). The third-order valence-corrected chi connectivity index (χ3v) is 1.95. The fraction of sp³-hybridized carbons (Fsp3) is 0.273. The van der Waals surface area contributed by atoms with Gasteiger partial charge in [0.05, 0.1) is 7.11 Å². The van der Waals surface area contributed by atoms with Gasteiger partial charge in [-0.2, -0.15) is 0 Å². The summed E-state index contributed by atoms with van der Waals surface area (Å²) < 4.78 is 5.01. The lowest BCUT2D eigenvalue weighted by Crippen LogP contribution is -2.17. The van der Waals surface area contributed by atoms with Crippen LogP contribution in [0.1, 0.15) is 12.8 Å². The molecule has 0 saturated heterocycles. The maximum atomic E-state index is 11.4. The Morgan fingerprint density at radius 3 is 2.75 bits per heavy atom. The summed E-state index contributed by atoms with van der Waals surface area (Å²) in [6.45, 7) is 0. The van der Waals surface area contributed by atoms with E-state index in [2.05, 4.69) is 5.32 Å². The van der Waals surface area contributed by atoms with Crippen molar-refractivity contribution in [3.8, 4) is 5.75 Å². The van der Waals surface area contributed by atoms with Crippen LogP contribution >= 0.6 is 0 Å². The lowest BCUT2D eigenvalue weighted by molar-refractivity contribution is -0.122. The molecule has 0 heterocycles. The van der Waals surface area contributed by atoms with Crippen LogP contribution in [0.3, 0.4) is 0 Å². The number of methoxy groups -OCH3 is 1. The van der Waals surface area contributed by atoms with Gasteiger partial charge in [-0.25, -0.2) is 0 Å². The molecule has 0 aliphatic carbocycles. The quantitative estimate of drug-likeness (QED) is 0.776. The van der Waals surface area contributed by atoms with Gasteiger partial charge in [-0.3, -0.25) is 9.59 Å². The van der Waals surface area contributed by atoms with E-state index in [-0.39, 0.29) is 18.7 Å². The van der Waals surface area contributed by atoms with Crippen molar-refractivity contribution in [2.75, 3.05) is 12.4 Å². The normalized spacial score (nSPS) is 9.56. The fourth-order valence-corrected chi connectivity index (χ4v) is 1.16. The summed E-state index contributed by atoms with van der Waals surface area (Å²) in [6.07, 6.45) is 0.141. The molecule has 0 radical (unpaired) electrons. The number of carbonyl (C=O) groups excluding carboxylic acids is 2. The van der Waals surface area contributed by atoms with Crippen molar-refractivity contribution in [1.29, 1.82) is 0 Å². The highest BCUT2D eigenvalue weighted by Crippen LogP contribution is 2.16. The maximum Gasteiger partial charge on any atom is 0.224 e. The first-order valence-corrected chi connectivity index (χ1v) is 4.84. The van der Waals surface area contributed by atoms with Crippen LogP contribution in [-0.2, 0) is 9.59 Å². The Morgan fingerprint density at radius 2 is 2.12 bits per heavy atom. The van der Waals surface area contributed by atoms with Crippen LogP contribution in [0.2, 0.25) is 0 Å². The number of nitrogens with two attached hydrogens (primary N) is 1. The summed E-state index contributed by atoms with van der Waals surface area (Å²) in [4.78, 5) is 21.8. The summed E-state index contributed by atoms with van der Waals surface area (Å²) in [6, 6.07) is 6.98. The third kappa shape index (κ3) is 4.00. The van der Waals surface area contributed by atoms with E-state index in [0.29, 0.717) is 11.4 Å². The van der Waals surface area contributed by atoms with E-state index in [1.54, 1.807) is 31.4 Å². The minimum absolute atomic E-state index is 0.0514. The number of hydrogen-bond donors (Lipinski definition) is 2. The molecule has 0 unspecified atom stereocenters. The van der Waals surface area contributed by atoms with E-state index < -0.39 is 5.91 Å². The van der Waals surface area contributed by atoms with Crippen LogP contribution in [0, 0.1) is 0 Å². The molecule has 16 heavy (non-hydrogen) atoms. The number of benzene rings is 1. The zero-order valence-electron chi connectivity index (χ0n) is 9.03. The van der Waals surface area contributed by atoms with Gasteiger partial charge in [0, 0.05) is 24.6 Å². The lowest BCUT2D eigenvalue weighted by atomic mass is 10.2. The number of carbonyl (C=O) groups is 2. The monoisotopic (exact) mass is 222 g/mol. The van der Waals surface area contributed by atoms with Crippen molar-refractivity contribution < 1.29 is 14.3 Å². The Morgan fingerprint density at radius 1 is 1.38 bits per heavy atom. The van der Waals surface area contributed by atoms with Gasteiger partial charge < -0.3 is 15.8 Å². The smallest absolute Gasteiger partial charge is 0.224 e. The van der Waals surface area contributed by atoms with Crippen molar-refractivity contribution in [1.82, 2.24) is 0 Å². The number of ether oxygens (including phenoxy) is 1. The minimum atomic E-state index is -0.485. The van der Waals surface area contributed by atoms with Crippen LogP contribution < -0.4 is 15.8 Å². The summed E-state index contributed by atoms with van der Waals surface area (Å²) >= 11 is 0. The van der Waals surface area contributed by atoms with Gasteiger partial charge in [-0.05, 0) is 12.1 Å². The molecule has 0 atom stereocenters. The number of hydrogen-bond acceptors (Lipinski definition) is 3. The predicted molar refractivity (Wildman–Crippen MR) is 60.1 cm³/mol. The van der Waals surface area contributed by atoms with E-state index >= 15 is 0 Å². The highest BCUT2D eigenvalue weighted by Gasteiger charge is 2.04. The van der Waals surface area contributed by atoms with E-state index in [0.717, 1.165) is 0 Å². The molecule has 5 heteroatoms. The molecule has 1 aromatic rings. The molecule has 86 valence electrons. The molecule has 2 amide bonds. The first kappa shape index (κ1) is 12.0. The summed E-state index contributed by atoms with van der Waals surface area (Å²) in [5.41, 5.74) is 5.57. The Bertz CT molecular complexity index is 391. The first-order chi connectivity index (χ1) is 7.61. The van der Waals surface area contributed by atoms with Gasteiger partial charge in [0.25, 0.3) is 0 Å². The number of nitrogens with one attached hydrogen (secondary N) is 1. The van der Waals surface area contributed by atoms with Crippen LogP contribution in [0.15, 0.2) is 24.3 Å². The van der Waals surface area contributed by atoms with Crippen LogP contribution in [0.4, 0.5) is 5.69 Å². The topological polar surface area (TPSA) is 81.4 Å². The predicted octanol–water partition coefficient (Wildman–Crippen LogP) is 0.899. The average molecular weight is 222 g/mol. The van der Waals surface area contributed by atoms with Gasteiger partial charge in [0.2, 0.25) is 11.8 Å². The highest BCUT2D eigenvalue weighted by atomic mass is 16.5. The van der Waals surface area contributed by atoms with Gasteiger partial charge in [-0.15, -0.1) is 0 Å². The van der Waals surface area contributed by atoms with Gasteiger partial charge in [0.15, 0.2) is 0 Å². The largest absolute Gasteiger partial charge is 0.497 e. The Kier molecular flexibility index (Phi) is 4.32. The van der Waals surface area contributed by atoms with E-state index in [4.69, 9.17) is 10.5 Å². The number of rotatable bonds is 5. The molecule has 1 aromatic carbocycles. The van der Waals surface area contributed by atoms with Crippen LogP contribution in [-0.4, -0.2) is 18.9 Å². The second kappa shape index (κ2) is 5.75. The molecule has 0 spiro atoms. The maximum absolute atomic E-state index is 11.4. The minimum Gasteiger partial charge on any atom is -0.497 e. The SMILES string of the molecule is COc1cccc(NC(=O)CCC(N)=O)c1. The molecule has 0 aromatic heterocycles. The summed E-state index contributed by atoms with van der Waals surface area (Å²) in [5, 5.41) is 2.65. The molecule has 3 N–H and O–H groups in total. The van der Waals surface area contributed by atoms with Crippen molar-refractivity contribution in [3.05, 3.63) is 24.3 Å². The first-order valence-electron chi connectivity index (χ1n) is 4.84. The van der Waals surface area contributed by atoms with Crippen molar-refractivity contribution in [3.63, 3.8) is 0 Å². The van der Waals surface area contributed by atoms with Crippen molar-refractivity contribution in [2.45, 2.75) is 12.8 Å². The van der Waals surface area contributed by atoms with E-state index in [1.165, 1.54) is 0 Å². The number of amides is 2. The zero-order chi connectivity index (χ0) is 12.0. The van der Waals surface area contributed by atoms with Gasteiger partial charge >= 0.3 is 0 Å². The van der Waals surface area contributed by atoms with Crippen LogP contribution in [0.25, 0.3) is 0 Å². The second-order valence-electron chi connectivity index (χ2n) is 3.25. The van der Waals surface area contributed by atoms with Crippen molar-refractivity contribution >= 4 is 17.5 Å². The summed E-state index contributed by atoms with van der Waals surface area (Å²) in [7, 11) is 1.55. The van der Waals surface area contributed by atoms with E-state index in [1.807, 2.05) is 0 Å². The molecule has 0 saturated carbocycles. The number of primary amides is 1. The molecule has 0 fully saturated rings. The molecule has 0 aliphatic rings. The van der Waals surface area contributed by atoms with E-state index in [9.17, 15) is 9.59 Å². The Hall–Kier alpha value is -2.04. The van der Waals surface area contributed by atoms with Gasteiger partial charge in [0.1, 0.15) is 5.75 Å². The molecular weight excluding hydrogens is 208 g/mol. The lowest BCUT2D eigenvalue weighted by Gasteiger charge is -2.06.